The van der Waals surface area contributed by atoms with Crippen molar-refractivity contribution in [3.05, 3.63) is 143 Å². The van der Waals surface area contributed by atoms with E-state index in [-0.39, 0.29) is 5.91 Å². The van der Waals surface area contributed by atoms with Gasteiger partial charge in [0, 0.05) is 17.9 Å². The molecule has 0 unspecified atom stereocenters. The molecule has 0 aliphatic rings. The second kappa shape index (κ2) is 11.0. The van der Waals surface area contributed by atoms with E-state index in [0.29, 0.717) is 23.4 Å². The predicted octanol–water partition coefficient (Wildman–Crippen LogP) is 6.61. The van der Waals surface area contributed by atoms with Gasteiger partial charge in [0.05, 0.1) is 4.75 Å². The first kappa shape index (κ1) is 22.8. The summed E-state index contributed by atoms with van der Waals surface area (Å²) in [5, 5.41) is 3.01. The van der Waals surface area contributed by atoms with Gasteiger partial charge in [-0.3, -0.25) is 4.79 Å². The lowest BCUT2D eigenvalue weighted by Crippen LogP contribution is -2.30. The number of benzene rings is 4. The highest BCUT2D eigenvalue weighted by Gasteiger charge is 2.36. The molecule has 0 aromatic heterocycles. The molecular weight excluding hydrogens is 428 g/mol. The fourth-order valence-corrected chi connectivity index (χ4v) is 5.40. The molecule has 0 aliphatic carbocycles. The Labute approximate surface area is 198 Å². The first-order valence-electron chi connectivity index (χ1n) is 11.0. The largest absolute Gasteiger partial charge is 0.351 e. The van der Waals surface area contributed by atoms with E-state index in [0.717, 1.165) is 0 Å². The smallest absolute Gasteiger partial charge is 0.251 e. The maximum atomic E-state index is 12.7. The average molecular weight is 455 g/mol. The van der Waals surface area contributed by atoms with E-state index in [1.807, 2.05) is 30.0 Å². The Morgan fingerprint density at radius 3 is 1.58 bits per heavy atom. The molecule has 0 bridgehead atoms. The SMILES string of the molecule is O=C(NCCSC(c1ccccc1)(c1ccccc1)c1ccccc1)c1ccc(C[18F])cc1. The minimum atomic E-state index is -0.529. The van der Waals surface area contributed by atoms with E-state index in [1.165, 1.54) is 16.7 Å². The highest BCUT2D eigenvalue weighted by Crippen LogP contribution is 2.48. The number of rotatable bonds is 9. The van der Waals surface area contributed by atoms with Crippen LogP contribution in [0.4, 0.5) is 4.39 Å². The Hall–Kier alpha value is -3.37. The number of amides is 1. The number of halogens is 1. The zero-order chi connectivity index (χ0) is 22.9. The molecule has 4 aromatic rings. The molecular formula is C29H26FNOS. The molecule has 2 nitrogen and oxygen atoms in total. The summed E-state index contributed by atoms with van der Waals surface area (Å²) in [4.78, 5) is 12.6. The first-order valence-corrected chi connectivity index (χ1v) is 12.0. The van der Waals surface area contributed by atoms with Crippen molar-refractivity contribution >= 4 is 17.7 Å². The minimum absolute atomic E-state index is 0.147. The van der Waals surface area contributed by atoms with Gasteiger partial charge in [0.2, 0.25) is 0 Å². The Morgan fingerprint density at radius 1 is 0.697 bits per heavy atom. The summed E-state index contributed by atoms with van der Waals surface area (Å²) in [7, 11) is 0. The third kappa shape index (κ3) is 5.18. The molecule has 0 heterocycles. The van der Waals surface area contributed by atoms with Crippen LogP contribution < -0.4 is 5.32 Å². The van der Waals surface area contributed by atoms with Gasteiger partial charge in [-0.15, -0.1) is 11.8 Å². The molecule has 166 valence electrons. The Kier molecular flexibility index (Phi) is 7.59. The summed E-state index contributed by atoms with van der Waals surface area (Å²) in [6.45, 7) is -0.0122. The van der Waals surface area contributed by atoms with Crippen LogP contribution in [0.1, 0.15) is 32.6 Å². The van der Waals surface area contributed by atoms with Crippen molar-refractivity contribution in [3.63, 3.8) is 0 Å². The van der Waals surface area contributed by atoms with Crippen LogP contribution in [-0.4, -0.2) is 18.2 Å². The second-order valence-corrected chi connectivity index (χ2v) is 9.02. The molecule has 1 amide bonds. The van der Waals surface area contributed by atoms with E-state index >= 15 is 0 Å². The summed E-state index contributed by atoms with van der Waals surface area (Å²) in [5.74, 6) is 0.568. The lowest BCUT2D eigenvalue weighted by molar-refractivity contribution is 0.0956. The Bertz CT molecular complexity index is 1050. The van der Waals surface area contributed by atoms with Crippen LogP contribution in [0.3, 0.4) is 0 Å². The van der Waals surface area contributed by atoms with Crippen molar-refractivity contribution in [1.29, 1.82) is 0 Å². The number of carbonyl (C=O) groups is 1. The molecule has 33 heavy (non-hydrogen) atoms. The van der Waals surface area contributed by atoms with Crippen LogP contribution in [-0.2, 0) is 11.4 Å². The molecule has 4 rings (SSSR count). The molecule has 0 saturated carbocycles. The maximum absolute atomic E-state index is 12.7. The number of alkyl halides is 1. The molecule has 4 aromatic carbocycles. The predicted molar refractivity (Wildman–Crippen MR) is 135 cm³/mol. The monoisotopic (exact) mass is 454 g/mol. The highest BCUT2D eigenvalue weighted by molar-refractivity contribution is 8.00. The number of thioether (sulfide) groups is 1. The number of carbonyl (C=O) groups excluding carboxylic acids is 1. The van der Waals surface area contributed by atoms with E-state index in [4.69, 9.17) is 0 Å². The summed E-state index contributed by atoms with van der Waals surface area (Å²) < 4.78 is 12.3. The van der Waals surface area contributed by atoms with Crippen LogP contribution in [0.2, 0.25) is 0 Å². The van der Waals surface area contributed by atoms with Crippen molar-refractivity contribution < 1.29 is 9.18 Å². The zero-order valence-electron chi connectivity index (χ0n) is 18.3. The molecule has 4 heteroatoms. The van der Waals surface area contributed by atoms with E-state index < -0.39 is 11.4 Å². The van der Waals surface area contributed by atoms with Gasteiger partial charge in [-0.2, -0.15) is 0 Å². The molecule has 0 saturated heterocycles. The van der Waals surface area contributed by atoms with E-state index in [9.17, 15) is 9.18 Å². The van der Waals surface area contributed by atoms with Crippen molar-refractivity contribution in [2.75, 3.05) is 12.3 Å². The summed E-state index contributed by atoms with van der Waals surface area (Å²) >= 11 is 1.81. The summed E-state index contributed by atoms with van der Waals surface area (Å²) in [5.41, 5.74) is 4.69. The van der Waals surface area contributed by atoms with Crippen LogP contribution >= 0.6 is 11.8 Å². The van der Waals surface area contributed by atoms with Gasteiger partial charge in [-0.1, -0.05) is 103 Å². The maximum Gasteiger partial charge on any atom is 0.251 e. The lowest BCUT2D eigenvalue weighted by atomic mass is 9.84. The van der Waals surface area contributed by atoms with E-state index in [2.05, 4.69) is 78.1 Å². The van der Waals surface area contributed by atoms with Crippen LogP contribution in [0.15, 0.2) is 115 Å². The fraction of sp³-hybridized carbons (Fsp3) is 0.138. The standard InChI is InChI=1S/C29H26FNOS/c30-22-23-16-18-24(19-17-23)28(32)31-20-21-33-29(25-10-4-1-5-11-25,26-12-6-2-7-13-26)27-14-8-3-9-15-27/h1-19H,20-22H2,(H,31,32)/i30-1. The third-order valence-corrected chi connectivity index (χ3v) is 7.17. The van der Waals surface area contributed by atoms with Gasteiger partial charge in [0.25, 0.3) is 5.91 Å². The van der Waals surface area contributed by atoms with Crippen molar-refractivity contribution in [2.24, 2.45) is 0 Å². The van der Waals surface area contributed by atoms with Crippen LogP contribution in [0.5, 0.6) is 0 Å². The molecule has 0 atom stereocenters. The average Bonchev–Trinajstić information content (AvgIpc) is 2.90. The van der Waals surface area contributed by atoms with Gasteiger partial charge in [0.1, 0.15) is 6.67 Å². The normalized spacial score (nSPS) is 11.2. The van der Waals surface area contributed by atoms with Crippen molar-refractivity contribution in [3.8, 4) is 0 Å². The highest BCUT2D eigenvalue weighted by atomic mass is 32.2. The molecule has 0 aliphatic heterocycles. The van der Waals surface area contributed by atoms with Gasteiger partial charge in [-0.05, 0) is 34.4 Å². The second-order valence-electron chi connectivity index (χ2n) is 7.71. The molecule has 0 radical (unpaired) electrons. The van der Waals surface area contributed by atoms with Crippen molar-refractivity contribution in [2.45, 2.75) is 11.4 Å². The van der Waals surface area contributed by atoms with E-state index in [1.54, 1.807) is 24.3 Å². The summed E-state index contributed by atoms with van der Waals surface area (Å²) in [6.07, 6.45) is 0. The molecule has 0 spiro atoms. The quantitative estimate of drug-likeness (QED) is 0.228. The molecule has 0 fully saturated rings. The van der Waals surface area contributed by atoms with Crippen molar-refractivity contribution in [1.82, 2.24) is 5.32 Å². The van der Waals surface area contributed by atoms with Gasteiger partial charge < -0.3 is 5.32 Å². The minimum Gasteiger partial charge on any atom is -0.351 e. The van der Waals surface area contributed by atoms with Gasteiger partial charge in [-0.25, -0.2) is 4.39 Å². The van der Waals surface area contributed by atoms with Crippen LogP contribution in [0.25, 0.3) is 0 Å². The lowest BCUT2D eigenvalue weighted by Gasteiger charge is -2.35. The Morgan fingerprint density at radius 2 is 1.15 bits per heavy atom. The first-order chi connectivity index (χ1) is 16.2. The molecule has 1 N–H and O–H groups in total. The number of hydrogen-bond acceptors (Lipinski definition) is 2. The fourth-order valence-electron chi connectivity index (χ4n) is 3.98. The zero-order valence-corrected chi connectivity index (χ0v) is 19.1. The number of hydrogen-bond donors (Lipinski definition) is 1. The van der Waals surface area contributed by atoms with Gasteiger partial charge in [0.15, 0.2) is 0 Å². The van der Waals surface area contributed by atoms with Gasteiger partial charge >= 0.3 is 0 Å². The topological polar surface area (TPSA) is 29.1 Å². The Balaban J connectivity index is 1.58. The number of nitrogens with one attached hydrogen (secondary N) is 1. The van der Waals surface area contributed by atoms with Crippen LogP contribution in [0, 0.1) is 0 Å². The third-order valence-electron chi connectivity index (χ3n) is 5.62. The summed E-state index contributed by atoms with van der Waals surface area (Å²) in [6, 6.07) is 38.1.